The minimum atomic E-state index is 0.431. The highest BCUT2D eigenvalue weighted by Gasteiger charge is 2.27. The average Bonchev–Trinajstić information content (AvgIpc) is 2.75. The van der Waals surface area contributed by atoms with Crippen LogP contribution in [0, 0.1) is 12.8 Å². The van der Waals surface area contributed by atoms with Gasteiger partial charge in [-0.1, -0.05) is 24.1 Å². The summed E-state index contributed by atoms with van der Waals surface area (Å²) in [7, 11) is 0. The molecule has 0 spiro atoms. The Bertz CT molecular complexity index is 427. The predicted octanol–water partition coefficient (Wildman–Crippen LogP) is 2.88. The summed E-state index contributed by atoms with van der Waals surface area (Å²) in [6.07, 6.45) is 6.39. The van der Waals surface area contributed by atoms with Gasteiger partial charge in [0.25, 0.3) is 0 Å². The maximum absolute atomic E-state index is 6.21. The summed E-state index contributed by atoms with van der Waals surface area (Å²) in [6.45, 7) is 4.56. The number of rotatable bonds is 2. The van der Waals surface area contributed by atoms with Crippen LogP contribution in [0.2, 0.25) is 0 Å². The van der Waals surface area contributed by atoms with Gasteiger partial charge in [0.1, 0.15) is 0 Å². The fraction of sp³-hybridized carbons (Fsp3) is 0.625. The van der Waals surface area contributed by atoms with E-state index in [1.807, 2.05) is 0 Å². The molecule has 2 atom stereocenters. The zero-order valence-electron chi connectivity index (χ0n) is 11.4. The van der Waals surface area contributed by atoms with Crippen molar-refractivity contribution in [2.24, 2.45) is 11.7 Å². The molecule has 2 heteroatoms. The van der Waals surface area contributed by atoms with Crippen LogP contribution in [0.3, 0.4) is 0 Å². The molecule has 98 valence electrons. The first-order valence-corrected chi connectivity index (χ1v) is 7.34. The van der Waals surface area contributed by atoms with Crippen molar-refractivity contribution in [2.45, 2.75) is 45.1 Å². The maximum atomic E-state index is 6.21. The fourth-order valence-electron chi connectivity index (χ4n) is 3.57. The van der Waals surface area contributed by atoms with Crippen molar-refractivity contribution < 1.29 is 0 Å². The zero-order valence-corrected chi connectivity index (χ0v) is 11.4. The third kappa shape index (κ3) is 2.26. The minimum absolute atomic E-state index is 0.431. The molecular weight excluding hydrogens is 220 g/mol. The number of nitrogens with two attached hydrogens (primary N) is 1. The predicted molar refractivity (Wildman–Crippen MR) is 77.0 cm³/mol. The quantitative estimate of drug-likeness (QED) is 0.867. The van der Waals surface area contributed by atoms with Crippen LogP contribution in [0.15, 0.2) is 18.2 Å². The van der Waals surface area contributed by atoms with Gasteiger partial charge in [0, 0.05) is 24.8 Å². The van der Waals surface area contributed by atoms with Gasteiger partial charge >= 0.3 is 0 Å². The van der Waals surface area contributed by atoms with Crippen LogP contribution in [-0.4, -0.2) is 19.1 Å². The van der Waals surface area contributed by atoms with Crippen molar-refractivity contribution in [1.82, 2.24) is 0 Å². The van der Waals surface area contributed by atoms with Crippen LogP contribution in [0.5, 0.6) is 0 Å². The molecule has 2 aliphatic rings. The lowest BCUT2D eigenvalue weighted by atomic mass is 9.97. The van der Waals surface area contributed by atoms with E-state index in [0.29, 0.717) is 12.0 Å². The highest BCUT2D eigenvalue weighted by atomic mass is 15.1. The second-order valence-corrected chi connectivity index (χ2v) is 6.04. The van der Waals surface area contributed by atoms with Crippen molar-refractivity contribution in [2.75, 3.05) is 18.0 Å². The van der Waals surface area contributed by atoms with Crippen LogP contribution >= 0.6 is 0 Å². The van der Waals surface area contributed by atoms with Gasteiger partial charge in [0.15, 0.2) is 0 Å². The Hall–Kier alpha value is -1.02. The first-order chi connectivity index (χ1) is 8.74. The summed E-state index contributed by atoms with van der Waals surface area (Å²) >= 11 is 0. The maximum Gasteiger partial charge on any atom is 0.0399 e. The molecule has 1 aromatic carbocycles. The number of hydrogen-bond donors (Lipinski definition) is 1. The third-order valence-electron chi connectivity index (χ3n) is 4.62. The molecule has 0 radical (unpaired) electrons. The molecule has 0 amide bonds. The topological polar surface area (TPSA) is 29.3 Å². The normalized spacial score (nSPS) is 27.3. The molecule has 1 aromatic rings. The van der Waals surface area contributed by atoms with Crippen molar-refractivity contribution in [3.05, 3.63) is 29.3 Å². The van der Waals surface area contributed by atoms with E-state index in [2.05, 4.69) is 30.0 Å². The summed E-state index contributed by atoms with van der Waals surface area (Å²) in [4.78, 5) is 2.58. The van der Waals surface area contributed by atoms with Gasteiger partial charge in [-0.2, -0.15) is 0 Å². The molecule has 3 rings (SSSR count). The number of aryl methyl sites for hydroxylation is 2. The van der Waals surface area contributed by atoms with Gasteiger partial charge in [0.05, 0.1) is 0 Å². The van der Waals surface area contributed by atoms with Crippen LogP contribution in [0.1, 0.15) is 36.8 Å². The van der Waals surface area contributed by atoms with E-state index in [0.717, 1.165) is 6.54 Å². The Morgan fingerprint density at radius 1 is 1.28 bits per heavy atom. The first-order valence-electron chi connectivity index (χ1n) is 7.34. The summed E-state index contributed by atoms with van der Waals surface area (Å²) in [5.41, 5.74) is 10.6. The molecule has 1 aliphatic heterocycles. The van der Waals surface area contributed by atoms with Gasteiger partial charge in [-0.15, -0.1) is 0 Å². The zero-order chi connectivity index (χ0) is 12.5. The van der Waals surface area contributed by atoms with E-state index in [9.17, 15) is 0 Å². The first kappa shape index (κ1) is 12.0. The SMILES string of the molecule is Cc1ccc2c(c1)CCCN2CC1CCCC1N. The molecule has 2 unspecified atom stereocenters. The molecule has 0 bridgehead atoms. The molecule has 2 N–H and O–H groups in total. The Morgan fingerprint density at radius 2 is 2.17 bits per heavy atom. The molecule has 0 saturated heterocycles. The summed E-state index contributed by atoms with van der Waals surface area (Å²) in [6, 6.07) is 7.34. The second-order valence-electron chi connectivity index (χ2n) is 6.04. The summed E-state index contributed by atoms with van der Waals surface area (Å²) < 4.78 is 0. The van der Waals surface area contributed by atoms with Gasteiger partial charge in [-0.25, -0.2) is 0 Å². The molecule has 1 aliphatic carbocycles. The smallest absolute Gasteiger partial charge is 0.0399 e. The van der Waals surface area contributed by atoms with E-state index in [-0.39, 0.29) is 0 Å². The molecule has 18 heavy (non-hydrogen) atoms. The average molecular weight is 244 g/mol. The monoisotopic (exact) mass is 244 g/mol. The standard InChI is InChI=1S/C16H24N2/c1-12-7-8-16-13(10-12)5-3-9-18(16)11-14-4-2-6-15(14)17/h7-8,10,14-15H,2-6,9,11,17H2,1H3. The minimum Gasteiger partial charge on any atom is -0.371 e. The van der Waals surface area contributed by atoms with E-state index in [1.165, 1.54) is 55.5 Å². The van der Waals surface area contributed by atoms with E-state index >= 15 is 0 Å². The Morgan fingerprint density at radius 3 is 2.94 bits per heavy atom. The lowest BCUT2D eigenvalue weighted by Crippen LogP contribution is -2.38. The van der Waals surface area contributed by atoms with Gasteiger partial charge in [-0.05, 0) is 50.2 Å². The molecular formula is C16H24N2. The fourth-order valence-corrected chi connectivity index (χ4v) is 3.57. The second kappa shape index (κ2) is 4.93. The molecule has 1 fully saturated rings. The lowest BCUT2D eigenvalue weighted by Gasteiger charge is -2.34. The number of fused-ring (bicyclic) bond motifs is 1. The van der Waals surface area contributed by atoms with E-state index < -0.39 is 0 Å². The molecule has 1 saturated carbocycles. The largest absolute Gasteiger partial charge is 0.371 e. The van der Waals surface area contributed by atoms with Crippen molar-refractivity contribution >= 4 is 5.69 Å². The molecule has 0 aromatic heterocycles. The third-order valence-corrected chi connectivity index (χ3v) is 4.62. The van der Waals surface area contributed by atoms with Crippen LogP contribution in [-0.2, 0) is 6.42 Å². The number of nitrogens with zero attached hydrogens (tertiary/aromatic N) is 1. The van der Waals surface area contributed by atoms with Crippen LogP contribution in [0.4, 0.5) is 5.69 Å². The van der Waals surface area contributed by atoms with Crippen molar-refractivity contribution in [3.63, 3.8) is 0 Å². The highest BCUT2D eigenvalue weighted by molar-refractivity contribution is 5.56. The highest BCUT2D eigenvalue weighted by Crippen LogP contribution is 2.31. The Balaban J connectivity index is 1.78. The van der Waals surface area contributed by atoms with Gasteiger partial charge in [0.2, 0.25) is 0 Å². The molecule has 1 heterocycles. The number of benzene rings is 1. The number of anilines is 1. The summed E-state index contributed by atoms with van der Waals surface area (Å²) in [5, 5.41) is 0. The molecule has 2 nitrogen and oxygen atoms in total. The van der Waals surface area contributed by atoms with E-state index in [1.54, 1.807) is 0 Å². The Kier molecular flexibility index (Phi) is 3.29. The number of hydrogen-bond acceptors (Lipinski definition) is 2. The lowest BCUT2D eigenvalue weighted by molar-refractivity contribution is 0.466. The van der Waals surface area contributed by atoms with Crippen molar-refractivity contribution in [1.29, 1.82) is 0 Å². The van der Waals surface area contributed by atoms with Crippen LogP contribution < -0.4 is 10.6 Å². The van der Waals surface area contributed by atoms with Gasteiger partial charge < -0.3 is 10.6 Å². The summed E-state index contributed by atoms with van der Waals surface area (Å²) in [5.74, 6) is 0.706. The van der Waals surface area contributed by atoms with E-state index in [4.69, 9.17) is 5.73 Å². The van der Waals surface area contributed by atoms with Gasteiger partial charge in [-0.3, -0.25) is 0 Å². The van der Waals surface area contributed by atoms with Crippen molar-refractivity contribution in [3.8, 4) is 0 Å². The van der Waals surface area contributed by atoms with Crippen LogP contribution in [0.25, 0.3) is 0 Å². The Labute approximate surface area is 110 Å².